The maximum atomic E-state index is 11.7. The highest BCUT2D eigenvalue weighted by molar-refractivity contribution is 5.89. The molecule has 2 amide bonds. The molecule has 0 aliphatic heterocycles. The zero-order chi connectivity index (χ0) is 13.6. The van der Waals surface area contributed by atoms with Crippen LogP contribution in [0.5, 0.6) is 5.75 Å². The SMILES string of the molecule is CCOc1cccc(NC(=O)NC(C)(C)CO)c1. The Kier molecular flexibility index (Phi) is 4.97. The minimum Gasteiger partial charge on any atom is -0.494 e. The van der Waals surface area contributed by atoms with Crippen molar-refractivity contribution in [3.8, 4) is 5.75 Å². The number of carbonyl (C=O) groups excluding carboxylic acids is 1. The predicted octanol–water partition coefficient (Wildman–Crippen LogP) is 1.98. The summed E-state index contributed by atoms with van der Waals surface area (Å²) in [5.41, 5.74) is -0.00563. The van der Waals surface area contributed by atoms with Crippen molar-refractivity contribution < 1.29 is 14.6 Å². The van der Waals surface area contributed by atoms with E-state index in [0.29, 0.717) is 18.0 Å². The molecule has 0 fully saturated rings. The van der Waals surface area contributed by atoms with Crippen molar-refractivity contribution >= 4 is 11.7 Å². The Hall–Kier alpha value is -1.75. The molecule has 0 radical (unpaired) electrons. The van der Waals surface area contributed by atoms with Crippen LogP contribution in [0.4, 0.5) is 10.5 Å². The number of aliphatic hydroxyl groups is 1. The first-order valence-corrected chi connectivity index (χ1v) is 5.90. The summed E-state index contributed by atoms with van der Waals surface area (Å²) >= 11 is 0. The summed E-state index contributed by atoms with van der Waals surface area (Å²) < 4.78 is 5.34. The van der Waals surface area contributed by atoms with Gasteiger partial charge in [-0.1, -0.05) is 6.07 Å². The topological polar surface area (TPSA) is 70.6 Å². The molecular weight excluding hydrogens is 232 g/mol. The Morgan fingerprint density at radius 1 is 1.44 bits per heavy atom. The average molecular weight is 252 g/mol. The molecule has 1 aromatic rings. The van der Waals surface area contributed by atoms with E-state index in [1.165, 1.54) is 0 Å². The summed E-state index contributed by atoms with van der Waals surface area (Å²) in [7, 11) is 0. The normalized spacial score (nSPS) is 10.9. The van der Waals surface area contributed by atoms with Gasteiger partial charge >= 0.3 is 6.03 Å². The zero-order valence-electron chi connectivity index (χ0n) is 11.0. The third-order valence-electron chi connectivity index (χ3n) is 2.25. The molecule has 0 bridgehead atoms. The summed E-state index contributed by atoms with van der Waals surface area (Å²) in [6.07, 6.45) is 0. The predicted molar refractivity (Wildman–Crippen MR) is 70.9 cm³/mol. The Labute approximate surface area is 107 Å². The van der Waals surface area contributed by atoms with Crippen LogP contribution in [-0.4, -0.2) is 29.9 Å². The van der Waals surface area contributed by atoms with Gasteiger partial charge in [0.05, 0.1) is 18.8 Å². The molecule has 0 unspecified atom stereocenters. The van der Waals surface area contributed by atoms with E-state index in [2.05, 4.69) is 10.6 Å². The summed E-state index contributed by atoms with van der Waals surface area (Å²) in [4.78, 5) is 11.7. The molecule has 0 saturated heterocycles. The number of benzene rings is 1. The minimum absolute atomic E-state index is 0.126. The van der Waals surface area contributed by atoms with Crippen molar-refractivity contribution in [3.05, 3.63) is 24.3 Å². The molecule has 0 heterocycles. The zero-order valence-corrected chi connectivity index (χ0v) is 11.0. The van der Waals surface area contributed by atoms with Gasteiger partial charge < -0.3 is 20.5 Å². The quantitative estimate of drug-likeness (QED) is 0.750. The standard InChI is InChI=1S/C13H20N2O3/c1-4-18-11-7-5-6-10(8-11)14-12(17)15-13(2,3)9-16/h5-8,16H,4,9H2,1-3H3,(H2,14,15,17). The van der Waals surface area contributed by atoms with Crippen LogP contribution in [-0.2, 0) is 0 Å². The molecule has 5 nitrogen and oxygen atoms in total. The average Bonchev–Trinajstić information content (AvgIpc) is 2.29. The number of aliphatic hydroxyl groups excluding tert-OH is 1. The summed E-state index contributed by atoms with van der Waals surface area (Å²) in [6.45, 7) is 5.83. The summed E-state index contributed by atoms with van der Waals surface area (Å²) in [5.74, 6) is 0.705. The van der Waals surface area contributed by atoms with E-state index in [9.17, 15) is 4.79 Å². The van der Waals surface area contributed by atoms with Gasteiger partial charge in [0.2, 0.25) is 0 Å². The van der Waals surface area contributed by atoms with Gasteiger partial charge in [-0.25, -0.2) is 4.79 Å². The number of hydrogen-bond donors (Lipinski definition) is 3. The smallest absolute Gasteiger partial charge is 0.319 e. The monoisotopic (exact) mass is 252 g/mol. The van der Waals surface area contributed by atoms with Gasteiger partial charge in [0.1, 0.15) is 5.75 Å². The first kappa shape index (κ1) is 14.3. The van der Waals surface area contributed by atoms with Crippen LogP contribution in [0.2, 0.25) is 0 Å². The van der Waals surface area contributed by atoms with Gasteiger partial charge in [0.25, 0.3) is 0 Å². The molecule has 1 rings (SSSR count). The first-order valence-electron chi connectivity index (χ1n) is 5.90. The Morgan fingerprint density at radius 3 is 2.78 bits per heavy atom. The number of urea groups is 1. The van der Waals surface area contributed by atoms with Gasteiger partial charge in [-0.2, -0.15) is 0 Å². The van der Waals surface area contributed by atoms with Crippen LogP contribution >= 0.6 is 0 Å². The number of rotatable bonds is 5. The van der Waals surface area contributed by atoms with Gasteiger partial charge in [-0.05, 0) is 32.9 Å². The fourth-order valence-electron chi connectivity index (χ4n) is 1.34. The lowest BCUT2D eigenvalue weighted by Gasteiger charge is -2.23. The third-order valence-corrected chi connectivity index (χ3v) is 2.25. The van der Waals surface area contributed by atoms with Crippen LogP contribution in [0.1, 0.15) is 20.8 Å². The summed E-state index contributed by atoms with van der Waals surface area (Å²) in [6, 6.07) is 6.79. The highest BCUT2D eigenvalue weighted by Gasteiger charge is 2.18. The highest BCUT2D eigenvalue weighted by Crippen LogP contribution is 2.17. The van der Waals surface area contributed by atoms with E-state index >= 15 is 0 Å². The molecule has 1 aromatic carbocycles. The van der Waals surface area contributed by atoms with Crippen LogP contribution in [0.25, 0.3) is 0 Å². The van der Waals surface area contributed by atoms with Gasteiger partial charge in [0.15, 0.2) is 0 Å². The number of anilines is 1. The molecule has 0 spiro atoms. The number of ether oxygens (including phenoxy) is 1. The van der Waals surface area contributed by atoms with E-state index in [1.807, 2.05) is 13.0 Å². The molecule has 5 heteroatoms. The van der Waals surface area contributed by atoms with Gasteiger partial charge in [-0.15, -0.1) is 0 Å². The fourth-order valence-corrected chi connectivity index (χ4v) is 1.34. The van der Waals surface area contributed by atoms with Crippen molar-refractivity contribution in [1.29, 1.82) is 0 Å². The fraction of sp³-hybridized carbons (Fsp3) is 0.462. The second-order valence-corrected chi connectivity index (χ2v) is 4.58. The maximum absolute atomic E-state index is 11.7. The highest BCUT2D eigenvalue weighted by atomic mass is 16.5. The Balaban J connectivity index is 2.61. The van der Waals surface area contributed by atoms with Crippen LogP contribution in [0, 0.1) is 0 Å². The molecule has 0 aliphatic carbocycles. The van der Waals surface area contributed by atoms with Crippen molar-refractivity contribution in [2.75, 3.05) is 18.5 Å². The van der Waals surface area contributed by atoms with Crippen molar-refractivity contribution in [2.24, 2.45) is 0 Å². The molecule has 0 atom stereocenters. The van der Waals surface area contributed by atoms with Gasteiger partial charge in [0, 0.05) is 11.8 Å². The van der Waals surface area contributed by atoms with Crippen LogP contribution in [0.3, 0.4) is 0 Å². The van der Waals surface area contributed by atoms with E-state index in [-0.39, 0.29) is 12.6 Å². The largest absolute Gasteiger partial charge is 0.494 e. The van der Waals surface area contributed by atoms with E-state index in [1.54, 1.807) is 32.0 Å². The van der Waals surface area contributed by atoms with Crippen LogP contribution in [0.15, 0.2) is 24.3 Å². The van der Waals surface area contributed by atoms with Crippen LogP contribution < -0.4 is 15.4 Å². The lowest BCUT2D eigenvalue weighted by Crippen LogP contribution is -2.48. The molecule has 0 aromatic heterocycles. The number of nitrogens with one attached hydrogen (secondary N) is 2. The van der Waals surface area contributed by atoms with E-state index < -0.39 is 5.54 Å². The molecule has 18 heavy (non-hydrogen) atoms. The summed E-state index contributed by atoms with van der Waals surface area (Å²) in [5, 5.41) is 14.4. The number of hydrogen-bond acceptors (Lipinski definition) is 3. The minimum atomic E-state index is -0.651. The van der Waals surface area contributed by atoms with Gasteiger partial charge in [-0.3, -0.25) is 0 Å². The van der Waals surface area contributed by atoms with E-state index in [4.69, 9.17) is 9.84 Å². The van der Waals surface area contributed by atoms with Crippen molar-refractivity contribution in [3.63, 3.8) is 0 Å². The third kappa shape index (κ3) is 4.63. The second kappa shape index (κ2) is 6.26. The van der Waals surface area contributed by atoms with E-state index in [0.717, 1.165) is 0 Å². The lowest BCUT2D eigenvalue weighted by atomic mass is 10.1. The molecule has 0 aliphatic rings. The molecule has 100 valence electrons. The second-order valence-electron chi connectivity index (χ2n) is 4.58. The first-order chi connectivity index (χ1) is 8.46. The van der Waals surface area contributed by atoms with Crippen molar-refractivity contribution in [1.82, 2.24) is 5.32 Å². The Bertz CT molecular complexity index is 405. The number of carbonyl (C=O) groups is 1. The van der Waals surface area contributed by atoms with Crippen molar-refractivity contribution in [2.45, 2.75) is 26.3 Å². The molecule has 0 saturated carbocycles. The maximum Gasteiger partial charge on any atom is 0.319 e. The lowest BCUT2D eigenvalue weighted by molar-refractivity contribution is 0.187. The number of amides is 2. The molecular formula is C13H20N2O3. The Morgan fingerprint density at radius 2 is 2.17 bits per heavy atom. The molecule has 3 N–H and O–H groups in total.